The highest BCUT2D eigenvalue weighted by Gasteiger charge is 2.17. The molecule has 0 fully saturated rings. The van der Waals surface area contributed by atoms with Gasteiger partial charge in [0.15, 0.2) is 6.61 Å². The van der Waals surface area contributed by atoms with E-state index in [1.165, 1.54) is 4.90 Å². The molecule has 5 heteroatoms. The summed E-state index contributed by atoms with van der Waals surface area (Å²) in [7, 11) is 0. The number of hydrogen-bond donors (Lipinski definition) is 1. The lowest BCUT2D eigenvalue weighted by atomic mass is 10.1. The summed E-state index contributed by atoms with van der Waals surface area (Å²) < 4.78 is 5.69. The Hall–Kier alpha value is -2.82. The molecule has 2 aromatic rings. The highest BCUT2D eigenvalue weighted by Crippen LogP contribution is 2.22. The van der Waals surface area contributed by atoms with E-state index < -0.39 is 5.91 Å². The zero-order valence-corrected chi connectivity index (χ0v) is 14.0. The van der Waals surface area contributed by atoms with Crippen LogP contribution in [0.1, 0.15) is 16.7 Å². The van der Waals surface area contributed by atoms with Crippen molar-refractivity contribution >= 4 is 11.8 Å². The first kappa shape index (κ1) is 17.5. The molecule has 0 unspecified atom stereocenters. The van der Waals surface area contributed by atoms with Crippen molar-refractivity contribution in [2.24, 2.45) is 5.73 Å². The molecule has 2 aromatic carbocycles. The second-order valence-electron chi connectivity index (χ2n) is 5.71. The van der Waals surface area contributed by atoms with Crippen LogP contribution in [0.25, 0.3) is 0 Å². The van der Waals surface area contributed by atoms with Gasteiger partial charge >= 0.3 is 0 Å². The Morgan fingerprint density at radius 1 is 1.00 bits per heavy atom. The van der Waals surface area contributed by atoms with Gasteiger partial charge in [0.05, 0.1) is 6.54 Å². The lowest BCUT2D eigenvalue weighted by molar-refractivity contribution is -0.137. The lowest BCUT2D eigenvalue weighted by Crippen LogP contribution is -2.40. The van der Waals surface area contributed by atoms with Crippen molar-refractivity contribution in [3.63, 3.8) is 0 Å². The van der Waals surface area contributed by atoms with Gasteiger partial charge in [-0.1, -0.05) is 48.5 Å². The van der Waals surface area contributed by atoms with Gasteiger partial charge in [-0.25, -0.2) is 0 Å². The number of benzene rings is 2. The van der Waals surface area contributed by atoms with Crippen molar-refractivity contribution in [1.82, 2.24) is 4.90 Å². The second-order valence-corrected chi connectivity index (χ2v) is 5.71. The molecule has 0 aliphatic carbocycles. The normalized spacial score (nSPS) is 10.2. The van der Waals surface area contributed by atoms with E-state index in [2.05, 4.69) is 0 Å². The minimum absolute atomic E-state index is 0.133. The first-order valence-corrected chi connectivity index (χ1v) is 7.76. The van der Waals surface area contributed by atoms with Gasteiger partial charge in [0.25, 0.3) is 5.91 Å². The number of nitrogens with zero attached hydrogens (tertiary/aromatic N) is 1. The fourth-order valence-electron chi connectivity index (χ4n) is 2.48. The van der Waals surface area contributed by atoms with Gasteiger partial charge in [0.2, 0.25) is 5.91 Å². The van der Waals surface area contributed by atoms with E-state index in [1.54, 1.807) is 0 Å². The Labute approximate surface area is 142 Å². The van der Waals surface area contributed by atoms with Crippen LogP contribution >= 0.6 is 0 Å². The largest absolute Gasteiger partial charge is 0.483 e. The van der Waals surface area contributed by atoms with Crippen molar-refractivity contribution in [2.75, 3.05) is 13.2 Å². The summed E-state index contributed by atoms with van der Waals surface area (Å²) in [6.07, 6.45) is 0. The second kappa shape index (κ2) is 8.15. The van der Waals surface area contributed by atoms with Crippen molar-refractivity contribution < 1.29 is 14.3 Å². The SMILES string of the molecule is Cc1cccc(C)c1OCC(=O)N(CC(N)=O)Cc1ccccc1. The Bertz CT molecular complexity index is 694. The quantitative estimate of drug-likeness (QED) is 0.848. The molecule has 0 saturated heterocycles. The molecule has 24 heavy (non-hydrogen) atoms. The number of para-hydroxylation sites is 1. The highest BCUT2D eigenvalue weighted by atomic mass is 16.5. The zero-order valence-electron chi connectivity index (χ0n) is 14.0. The maximum atomic E-state index is 12.5. The summed E-state index contributed by atoms with van der Waals surface area (Å²) in [6, 6.07) is 15.3. The number of aryl methyl sites for hydroxylation is 2. The summed E-state index contributed by atoms with van der Waals surface area (Å²) in [5, 5.41) is 0. The fourth-order valence-corrected chi connectivity index (χ4v) is 2.48. The Morgan fingerprint density at radius 2 is 1.62 bits per heavy atom. The smallest absolute Gasteiger partial charge is 0.261 e. The van der Waals surface area contributed by atoms with Crippen LogP contribution in [0.2, 0.25) is 0 Å². The third-order valence-electron chi connectivity index (χ3n) is 3.66. The van der Waals surface area contributed by atoms with Crippen molar-refractivity contribution in [2.45, 2.75) is 20.4 Å². The van der Waals surface area contributed by atoms with Crippen LogP contribution in [0, 0.1) is 13.8 Å². The Morgan fingerprint density at radius 3 is 2.21 bits per heavy atom. The van der Waals surface area contributed by atoms with E-state index in [9.17, 15) is 9.59 Å². The molecule has 0 aliphatic heterocycles. The van der Waals surface area contributed by atoms with Gasteiger partial charge in [0, 0.05) is 6.54 Å². The summed E-state index contributed by atoms with van der Waals surface area (Å²) in [5.74, 6) is -0.128. The standard InChI is InChI=1S/C19H22N2O3/c1-14-7-6-8-15(2)19(14)24-13-18(23)21(12-17(20)22)11-16-9-4-3-5-10-16/h3-10H,11-13H2,1-2H3,(H2,20,22). The van der Waals surface area contributed by atoms with Gasteiger partial charge in [-0.05, 0) is 30.5 Å². The summed E-state index contributed by atoms with van der Waals surface area (Å²) >= 11 is 0. The van der Waals surface area contributed by atoms with E-state index in [4.69, 9.17) is 10.5 Å². The van der Waals surface area contributed by atoms with Crippen molar-refractivity contribution in [3.8, 4) is 5.75 Å². The van der Waals surface area contributed by atoms with E-state index in [0.29, 0.717) is 12.3 Å². The minimum Gasteiger partial charge on any atom is -0.483 e. The molecule has 0 atom stereocenters. The topological polar surface area (TPSA) is 72.6 Å². The third-order valence-corrected chi connectivity index (χ3v) is 3.66. The number of primary amides is 1. The number of ether oxygens (including phenoxy) is 1. The first-order valence-electron chi connectivity index (χ1n) is 7.76. The Kier molecular flexibility index (Phi) is 5.95. The van der Waals surface area contributed by atoms with Crippen LogP contribution in [0.3, 0.4) is 0 Å². The third kappa shape index (κ3) is 4.84. The van der Waals surface area contributed by atoms with Crippen LogP contribution in [0.15, 0.2) is 48.5 Å². The molecule has 0 bridgehead atoms. The minimum atomic E-state index is -0.550. The number of nitrogens with two attached hydrogens (primary N) is 1. The number of carbonyl (C=O) groups is 2. The maximum Gasteiger partial charge on any atom is 0.261 e. The summed E-state index contributed by atoms with van der Waals surface area (Å²) in [6.45, 7) is 3.91. The predicted octanol–water partition coefficient (Wildman–Crippen LogP) is 2.20. The van der Waals surface area contributed by atoms with Crippen LogP contribution in [-0.2, 0) is 16.1 Å². The molecule has 0 aromatic heterocycles. The van der Waals surface area contributed by atoms with E-state index >= 15 is 0 Å². The number of amides is 2. The van der Waals surface area contributed by atoms with Gasteiger partial charge in [-0.2, -0.15) is 0 Å². The van der Waals surface area contributed by atoms with Gasteiger partial charge in [0.1, 0.15) is 5.75 Å². The molecule has 126 valence electrons. The molecule has 0 saturated carbocycles. The van der Waals surface area contributed by atoms with Crippen LogP contribution in [0.5, 0.6) is 5.75 Å². The average molecular weight is 326 g/mol. The molecule has 0 radical (unpaired) electrons. The van der Waals surface area contributed by atoms with Crippen LogP contribution in [0.4, 0.5) is 0 Å². The number of rotatable bonds is 7. The van der Waals surface area contributed by atoms with Crippen molar-refractivity contribution in [3.05, 3.63) is 65.2 Å². The predicted molar refractivity (Wildman–Crippen MR) is 92.5 cm³/mol. The van der Waals surface area contributed by atoms with Gasteiger partial charge in [-0.15, -0.1) is 0 Å². The summed E-state index contributed by atoms with van der Waals surface area (Å²) in [4.78, 5) is 25.2. The van der Waals surface area contributed by atoms with Gasteiger partial charge < -0.3 is 15.4 Å². The highest BCUT2D eigenvalue weighted by molar-refractivity contribution is 5.84. The van der Waals surface area contributed by atoms with E-state index in [0.717, 1.165) is 16.7 Å². The van der Waals surface area contributed by atoms with Crippen molar-refractivity contribution in [1.29, 1.82) is 0 Å². The monoisotopic (exact) mass is 326 g/mol. The molecule has 5 nitrogen and oxygen atoms in total. The van der Waals surface area contributed by atoms with Crippen LogP contribution in [-0.4, -0.2) is 29.9 Å². The Balaban J connectivity index is 2.06. The molecule has 2 N–H and O–H groups in total. The first-order chi connectivity index (χ1) is 11.5. The zero-order chi connectivity index (χ0) is 17.5. The lowest BCUT2D eigenvalue weighted by Gasteiger charge is -2.22. The van der Waals surface area contributed by atoms with Crippen LogP contribution < -0.4 is 10.5 Å². The van der Waals surface area contributed by atoms with E-state index in [-0.39, 0.29) is 19.1 Å². The van der Waals surface area contributed by atoms with E-state index in [1.807, 2.05) is 62.4 Å². The van der Waals surface area contributed by atoms with Gasteiger partial charge in [-0.3, -0.25) is 9.59 Å². The number of carbonyl (C=O) groups excluding carboxylic acids is 2. The molecule has 0 aliphatic rings. The number of hydrogen-bond acceptors (Lipinski definition) is 3. The summed E-state index contributed by atoms with van der Waals surface area (Å²) in [5.41, 5.74) is 8.13. The molecule has 0 spiro atoms. The molecule has 0 heterocycles. The molecular weight excluding hydrogens is 304 g/mol. The fraction of sp³-hybridized carbons (Fsp3) is 0.263. The molecule has 2 amide bonds. The molecule has 2 rings (SSSR count). The maximum absolute atomic E-state index is 12.5. The average Bonchev–Trinajstić information content (AvgIpc) is 2.54. The molecular formula is C19H22N2O3.